The van der Waals surface area contributed by atoms with Gasteiger partial charge in [-0.1, -0.05) is 26.8 Å². The van der Waals surface area contributed by atoms with Crippen LogP contribution in [-0.2, 0) is 14.9 Å². The van der Waals surface area contributed by atoms with E-state index in [1.807, 2.05) is 41.5 Å². The quantitative estimate of drug-likeness (QED) is 0.411. The van der Waals surface area contributed by atoms with Crippen LogP contribution in [0.2, 0.25) is 0 Å². The molecule has 0 fully saturated rings. The van der Waals surface area contributed by atoms with Crippen molar-refractivity contribution >= 4 is 16.1 Å². The maximum Gasteiger partial charge on any atom is 0.311 e. The van der Waals surface area contributed by atoms with Crippen molar-refractivity contribution in [3.05, 3.63) is 23.8 Å². The number of hydrogen-bond acceptors (Lipinski definition) is 7. The van der Waals surface area contributed by atoms with Gasteiger partial charge in [0.25, 0.3) is 0 Å². The molecule has 7 nitrogen and oxygen atoms in total. The Hall–Kier alpha value is -1.64. The minimum atomic E-state index is -3.84. The topological polar surface area (TPSA) is 102 Å². The molecule has 0 heterocycles. The Kier molecular flexibility index (Phi) is 7.44. The fourth-order valence-electron chi connectivity index (χ4n) is 2.16. The van der Waals surface area contributed by atoms with E-state index in [0.717, 1.165) is 6.26 Å². The monoisotopic (exact) mass is 401 g/mol. The van der Waals surface area contributed by atoms with Gasteiger partial charge in [0.1, 0.15) is 0 Å². The van der Waals surface area contributed by atoms with Crippen LogP contribution >= 0.6 is 0 Å². The van der Waals surface area contributed by atoms with Gasteiger partial charge in [0.05, 0.1) is 18.8 Å². The summed E-state index contributed by atoms with van der Waals surface area (Å²) in [5.41, 5.74) is -0.0137. The lowest BCUT2D eigenvalue weighted by molar-refractivity contribution is -0.136. The molecule has 0 aliphatic heterocycles. The summed E-state index contributed by atoms with van der Waals surface area (Å²) in [6.07, 6.45) is 0.175. The van der Waals surface area contributed by atoms with Crippen LogP contribution in [0.4, 0.5) is 0 Å². The maximum atomic E-state index is 12.1. The fourth-order valence-corrected chi connectivity index (χ4v) is 2.61. The van der Waals surface area contributed by atoms with Crippen molar-refractivity contribution in [2.75, 3.05) is 12.8 Å². The predicted octanol–water partition coefficient (Wildman–Crippen LogP) is 2.79. The van der Waals surface area contributed by atoms with Crippen LogP contribution in [0, 0.1) is 5.41 Å². The van der Waals surface area contributed by atoms with Crippen LogP contribution in [0.5, 0.6) is 11.5 Å². The second-order valence-electron chi connectivity index (χ2n) is 8.85. The number of carbonyl (C=O) groups excluding carboxylic acids is 1. The molecule has 1 atom stereocenters. The minimum Gasteiger partial charge on any atom is -0.422 e. The number of carbonyl (C=O) groups is 1. The number of ether oxygens (including phenoxy) is 1. The van der Waals surface area contributed by atoms with Gasteiger partial charge < -0.3 is 19.3 Å². The first kappa shape index (κ1) is 23.4. The Morgan fingerprint density at radius 2 is 1.74 bits per heavy atom. The Morgan fingerprint density at radius 3 is 2.22 bits per heavy atom. The lowest BCUT2D eigenvalue weighted by atomic mass is 9.92. The summed E-state index contributed by atoms with van der Waals surface area (Å²) in [5.74, 6) is -0.634. The summed E-state index contributed by atoms with van der Waals surface area (Å²) in [5, 5.41) is 13.5. The molecular formula is C19H31NO6S. The van der Waals surface area contributed by atoms with Crippen LogP contribution in [0.3, 0.4) is 0 Å². The SMILES string of the molecule is CC(C)(C)CC(=O)Oc1ccc(C(O)CNC(C)(C)C)cc1OS(C)(=O)=O. The summed E-state index contributed by atoms with van der Waals surface area (Å²) in [6.45, 7) is 11.9. The Morgan fingerprint density at radius 1 is 1.15 bits per heavy atom. The van der Waals surface area contributed by atoms with Gasteiger partial charge in [0, 0.05) is 12.1 Å². The molecule has 8 heteroatoms. The van der Waals surface area contributed by atoms with E-state index in [-0.39, 0.29) is 35.4 Å². The number of β-amino-alcohol motifs (C(OH)–C–C–N with tert-alkyl or cyclic N) is 1. The average molecular weight is 402 g/mol. The van der Waals surface area contributed by atoms with Crippen LogP contribution in [0.25, 0.3) is 0 Å². The molecule has 0 saturated carbocycles. The summed E-state index contributed by atoms with van der Waals surface area (Å²) >= 11 is 0. The molecular weight excluding hydrogens is 370 g/mol. The first-order chi connectivity index (χ1) is 12.1. The number of aliphatic hydroxyl groups excluding tert-OH is 1. The molecule has 1 rings (SSSR count). The van der Waals surface area contributed by atoms with E-state index in [1.165, 1.54) is 12.1 Å². The smallest absolute Gasteiger partial charge is 0.311 e. The third-order valence-electron chi connectivity index (χ3n) is 3.32. The van der Waals surface area contributed by atoms with Crippen molar-refractivity contribution in [2.45, 2.75) is 59.6 Å². The first-order valence-corrected chi connectivity index (χ1v) is 10.5. The molecule has 2 N–H and O–H groups in total. The lowest BCUT2D eigenvalue weighted by Crippen LogP contribution is -2.38. The molecule has 0 spiro atoms. The highest BCUT2D eigenvalue weighted by Gasteiger charge is 2.22. The molecule has 0 bridgehead atoms. The van der Waals surface area contributed by atoms with Crippen LogP contribution in [0.1, 0.15) is 59.6 Å². The number of esters is 1. The van der Waals surface area contributed by atoms with Gasteiger partial charge in [-0.2, -0.15) is 8.42 Å². The number of benzene rings is 1. The zero-order chi connectivity index (χ0) is 21.0. The normalized spacial score (nSPS) is 13.9. The van der Waals surface area contributed by atoms with Gasteiger partial charge in [-0.15, -0.1) is 0 Å². The van der Waals surface area contributed by atoms with Crippen LogP contribution in [-0.4, -0.2) is 37.8 Å². The van der Waals surface area contributed by atoms with E-state index in [1.54, 1.807) is 6.07 Å². The summed E-state index contributed by atoms with van der Waals surface area (Å²) in [6, 6.07) is 4.37. The van der Waals surface area contributed by atoms with E-state index >= 15 is 0 Å². The summed E-state index contributed by atoms with van der Waals surface area (Å²) in [7, 11) is -3.84. The minimum absolute atomic E-state index is 0.00518. The highest BCUT2D eigenvalue weighted by atomic mass is 32.2. The third-order valence-corrected chi connectivity index (χ3v) is 3.80. The maximum absolute atomic E-state index is 12.1. The molecule has 154 valence electrons. The van der Waals surface area contributed by atoms with Gasteiger partial charge in [0.15, 0.2) is 11.5 Å². The zero-order valence-electron chi connectivity index (χ0n) is 17.1. The highest BCUT2D eigenvalue weighted by Crippen LogP contribution is 2.33. The van der Waals surface area contributed by atoms with Crippen molar-refractivity contribution in [1.82, 2.24) is 5.32 Å². The highest BCUT2D eigenvalue weighted by molar-refractivity contribution is 7.86. The summed E-state index contributed by atoms with van der Waals surface area (Å²) < 4.78 is 33.4. The number of nitrogens with one attached hydrogen (secondary N) is 1. The van der Waals surface area contributed by atoms with Crippen LogP contribution in [0.15, 0.2) is 18.2 Å². The molecule has 0 aliphatic carbocycles. The molecule has 1 aromatic rings. The molecule has 1 aromatic carbocycles. The zero-order valence-corrected chi connectivity index (χ0v) is 17.9. The van der Waals surface area contributed by atoms with E-state index in [0.29, 0.717) is 5.56 Å². The Balaban J connectivity index is 3.08. The van der Waals surface area contributed by atoms with Crippen LogP contribution < -0.4 is 14.2 Å². The van der Waals surface area contributed by atoms with Crippen molar-refractivity contribution < 1.29 is 27.2 Å². The van der Waals surface area contributed by atoms with Gasteiger partial charge in [-0.3, -0.25) is 4.79 Å². The molecule has 27 heavy (non-hydrogen) atoms. The lowest BCUT2D eigenvalue weighted by Gasteiger charge is -2.23. The molecule has 0 amide bonds. The van der Waals surface area contributed by atoms with E-state index < -0.39 is 22.2 Å². The van der Waals surface area contributed by atoms with E-state index in [4.69, 9.17) is 8.92 Å². The predicted molar refractivity (Wildman–Crippen MR) is 104 cm³/mol. The summed E-state index contributed by atoms with van der Waals surface area (Å²) in [4.78, 5) is 12.1. The Bertz CT molecular complexity index is 759. The molecule has 0 aliphatic rings. The molecule has 0 radical (unpaired) electrons. The third kappa shape index (κ3) is 9.74. The number of rotatable bonds is 7. The van der Waals surface area contributed by atoms with Gasteiger partial charge >= 0.3 is 16.1 Å². The van der Waals surface area contributed by atoms with Gasteiger partial charge in [-0.05, 0) is 43.9 Å². The molecule has 0 aromatic heterocycles. The van der Waals surface area contributed by atoms with Gasteiger partial charge in [-0.25, -0.2) is 0 Å². The standard InChI is InChI=1S/C19H31NO6S/c1-18(2,3)11-17(22)25-15-9-8-13(10-16(15)26-27(7,23)24)14(21)12-20-19(4,5)6/h8-10,14,20-21H,11-12H2,1-7H3. The van der Waals surface area contributed by atoms with Gasteiger partial charge in [0.2, 0.25) is 0 Å². The van der Waals surface area contributed by atoms with E-state index in [2.05, 4.69) is 5.32 Å². The second kappa shape index (κ2) is 8.58. The number of hydrogen-bond donors (Lipinski definition) is 2. The average Bonchev–Trinajstić information content (AvgIpc) is 2.42. The van der Waals surface area contributed by atoms with Crippen molar-refractivity contribution in [3.63, 3.8) is 0 Å². The Labute approximate surface area is 162 Å². The van der Waals surface area contributed by atoms with E-state index in [9.17, 15) is 18.3 Å². The van der Waals surface area contributed by atoms with Crippen molar-refractivity contribution in [3.8, 4) is 11.5 Å². The first-order valence-electron chi connectivity index (χ1n) is 8.73. The van der Waals surface area contributed by atoms with Crippen molar-refractivity contribution in [2.24, 2.45) is 5.41 Å². The molecule has 1 unspecified atom stereocenters. The van der Waals surface area contributed by atoms with Crippen molar-refractivity contribution in [1.29, 1.82) is 0 Å². The fraction of sp³-hybridized carbons (Fsp3) is 0.632. The second-order valence-corrected chi connectivity index (χ2v) is 10.4. The number of aliphatic hydroxyl groups is 1. The largest absolute Gasteiger partial charge is 0.422 e. The molecule has 0 saturated heterocycles.